The van der Waals surface area contributed by atoms with Crippen LogP contribution in [0.2, 0.25) is 0 Å². The van der Waals surface area contributed by atoms with Crippen LogP contribution in [0.5, 0.6) is 0 Å². The zero-order valence-electron chi connectivity index (χ0n) is 14.0. The molecule has 1 saturated heterocycles. The van der Waals surface area contributed by atoms with Gasteiger partial charge in [0.2, 0.25) is 5.91 Å². The Morgan fingerprint density at radius 1 is 1.38 bits per heavy atom. The number of aromatic nitrogens is 1. The van der Waals surface area contributed by atoms with Crippen molar-refractivity contribution < 1.29 is 13.2 Å². The van der Waals surface area contributed by atoms with Crippen molar-refractivity contribution >= 4 is 50.5 Å². The maximum Gasteiger partial charge on any atom is 0.263 e. The Labute approximate surface area is 163 Å². The number of carbonyl (C=O) groups excluding carboxylic acids is 1. The second-order valence-electron chi connectivity index (χ2n) is 5.92. The first kappa shape index (κ1) is 20.6. The highest BCUT2D eigenvalue weighted by atomic mass is 35.5. The molecule has 3 N–H and O–H groups in total. The van der Waals surface area contributed by atoms with Crippen LogP contribution in [0.3, 0.4) is 0 Å². The second kappa shape index (κ2) is 9.31. The van der Waals surface area contributed by atoms with E-state index in [0.717, 1.165) is 25.9 Å². The Hall–Kier alpha value is -1.68. The topological polar surface area (TPSA) is 100 Å². The van der Waals surface area contributed by atoms with Crippen molar-refractivity contribution in [3.8, 4) is 0 Å². The minimum Gasteiger partial charge on any atom is -0.326 e. The fraction of sp³-hybridized carbons (Fsp3) is 0.375. The fourth-order valence-corrected chi connectivity index (χ4v) is 4.54. The van der Waals surface area contributed by atoms with Crippen LogP contribution in [-0.2, 0) is 14.8 Å². The van der Waals surface area contributed by atoms with Crippen molar-refractivity contribution in [3.63, 3.8) is 0 Å². The lowest BCUT2D eigenvalue weighted by molar-refractivity contribution is -0.116. The minimum absolute atomic E-state index is 0. The Morgan fingerprint density at radius 2 is 2.23 bits per heavy atom. The van der Waals surface area contributed by atoms with Gasteiger partial charge in [-0.3, -0.25) is 9.52 Å². The molecule has 0 spiro atoms. The number of anilines is 2. The number of nitrogens with zero attached hydrogens (tertiary/aromatic N) is 1. The number of benzene rings is 1. The van der Waals surface area contributed by atoms with Gasteiger partial charge in [0.05, 0.1) is 4.90 Å². The number of carbonyl (C=O) groups is 1. The lowest BCUT2D eigenvalue weighted by atomic mass is 10.0. The summed E-state index contributed by atoms with van der Waals surface area (Å²) in [7, 11) is -3.73. The molecule has 1 aliphatic rings. The van der Waals surface area contributed by atoms with Crippen LogP contribution in [-0.4, -0.2) is 32.4 Å². The summed E-state index contributed by atoms with van der Waals surface area (Å²) in [5, 5.41) is 8.04. The predicted molar refractivity (Wildman–Crippen MR) is 105 cm³/mol. The van der Waals surface area contributed by atoms with Gasteiger partial charge in [-0.1, -0.05) is 6.07 Å². The number of thiazole rings is 1. The van der Waals surface area contributed by atoms with Gasteiger partial charge in [-0.25, -0.2) is 13.4 Å². The predicted octanol–water partition coefficient (Wildman–Crippen LogP) is 2.69. The normalized spacial score (nSPS) is 16.7. The molecular formula is C16H21ClN4O3S2. The van der Waals surface area contributed by atoms with Crippen molar-refractivity contribution in [3.05, 3.63) is 35.8 Å². The van der Waals surface area contributed by atoms with Crippen LogP contribution in [0.25, 0.3) is 0 Å². The van der Waals surface area contributed by atoms with Crippen molar-refractivity contribution in [1.82, 2.24) is 10.3 Å². The molecule has 2 aromatic rings. The third-order valence-electron chi connectivity index (χ3n) is 4.02. The van der Waals surface area contributed by atoms with Crippen LogP contribution in [0.1, 0.15) is 19.3 Å². The van der Waals surface area contributed by atoms with Gasteiger partial charge in [0.25, 0.3) is 10.0 Å². The number of rotatable bonds is 7. The van der Waals surface area contributed by atoms with Gasteiger partial charge in [0, 0.05) is 23.7 Å². The zero-order chi connectivity index (χ0) is 17.7. The largest absolute Gasteiger partial charge is 0.326 e. The molecule has 0 bridgehead atoms. The molecule has 1 aromatic heterocycles. The Morgan fingerprint density at radius 3 is 2.92 bits per heavy atom. The molecule has 1 fully saturated rings. The summed E-state index contributed by atoms with van der Waals surface area (Å²) in [6.07, 6.45) is 3.89. The molecule has 2 heterocycles. The van der Waals surface area contributed by atoms with Gasteiger partial charge in [0.15, 0.2) is 5.13 Å². The molecule has 1 atom stereocenters. The summed E-state index contributed by atoms with van der Waals surface area (Å²) >= 11 is 1.20. The Kier molecular flexibility index (Phi) is 7.39. The van der Waals surface area contributed by atoms with Crippen molar-refractivity contribution in [2.45, 2.75) is 24.2 Å². The Balaban J connectivity index is 0.00000243. The van der Waals surface area contributed by atoms with E-state index in [4.69, 9.17) is 0 Å². The lowest BCUT2D eigenvalue weighted by Crippen LogP contribution is -2.16. The molecule has 1 aliphatic heterocycles. The molecule has 1 amide bonds. The molecule has 1 aromatic carbocycles. The standard InChI is InChI=1S/C16H20N4O3S2.ClH/c21-15(5-4-12-6-7-17-11-12)19-13-2-1-3-14(10-13)25(22,23)20-16-18-8-9-24-16;/h1-3,8-10,12,17H,4-7,11H2,(H,18,20)(H,19,21);1H. The number of hydrogen-bond donors (Lipinski definition) is 3. The highest BCUT2D eigenvalue weighted by Gasteiger charge is 2.18. The number of amides is 1. The number of halogens is 1. The summed E-state index contributed by atoms with van der Waals surface area (Å²) in [5.74, 6) is 0.439. The van der Waals surface area contributed by atoms with Gasteiger partial charge in [0.1, 0.15) is 0 Å². The summed E-state index contributed by atoms with van der Waals surface area (Å²) in [6, 6.07) is 6.21. The average Bonchev–Trinajstić information content (AvgIpc) is 3.26. The SMILES string of the molecule is Cl.O=C(CCC1CCNC1)Nc1cccc(S(=O)(=O)Nc2nccs2)c1. The zero-order valence-corrected chi connectivity index (χ0v) is 16.4. The first-order valence-corrected chi connectivity index (χ1v) is 10.4. The molecule has 0 radical (unpaired) electrons. The molecule has 0 saturated carbocycles. The van der Waals surface area contributed by atoms with E-state index in [2.05, 4.69) is 20.3 Å². The molecule has 0 aliphatic carbocycles. The van der Waals surface area contributed by atoms with Gasteiger partial charge in [-0.2, -0.15) is 0 Å². The summed E-state index contributed by atoms with van der Waals surface area (Å²) < 4.78 is 27.2. The molecule has 10 heteroatoms. The minimum atomic E-state index is -3.73. The van der Waals surface area contributed by atoms with Crippen molar-refractivity contribution in [2.75, 3.05) is 23.1 Å². The van der Waals surface area contributed by atoms with E-state index in [-0.39, 0.29) is 23.2 Å². The maximum atomic E-state index is 12.4. The third-order valence-corrected chi connectivity index (χ3v) is 6.18. The average molecular weight is 417 g/mol. The van der Waals surface area contributed by atoms with Crippen LogP contribution in [0, 0.1) is 5.92 Å². The quantitative estimate of drug-likeness (QED) is 0.644. The highest BCUT2D eigenvalue weighted by molar-refractivity contribution is 7.93. The molecule has 3 rings (SSSR count). The van der Waals surface area contributed by atoms with E-state index in [0.29, 0.717) is 23.2 Å². The highest BCUT2D eigenvalue weighted by Crippen LogP contribution is 2.21. The van der Waals surface area contributed by atoms with E-state index >= 15 is 0 Å². The van der Waals surface area contributed by atoms with Crippen LogP contribution in [0.15, 0.2) is 40.7 Å². The van der Waals surface area contributed by atoms with Gasteiger partial charge in [-0.05, 0) is 50.0 Å². The van der Waals surface area contributed by atoms with Crippen LogP contribution >= 0.6 is 23.7 Å². The maximum absolute atomic E-state index is 12.4. The van der Waals surface area contributed by atoms with E-state index in [9.17, 15) is 13.2 Å². The molecule has 7 nitrogen and oxygen atoms in total. The summed E-state index contributed by atoms with van der Waals surface area (Å²) in [6.45, 7) is 1.97. The summed E-state index contributed by atoms with van der Waals surface area (Å²) in [5.41, 5.74) is 0.469. The Bertz CT molecular complexity index is 822. The van der Waals surface area contributed by atoms with Crippen LogP contribution in [0.4, 0.5) is 10.8 Å². The number of hydrogen-bond acceptors (Lipinski definition) is 6. The van der Waals surface area contributed by atoms with Crippen molar-refractivity contribution in [1.29, 1.82) is 0 Å². The molecule has 142 valence electrons. The van der Waals surface area contributed by atoms with E-state index in [1.165, 1.54) is 29.7 Å². The van der Waals surface area contributed by atoms with Crippen LogP contribution < -0.4 is 15.4 Å². The molecule has 26 heavy (non-hydrogen) atoms. The molecule has 1 unspecified atom stereocenters. The number of nitrogens with one attached hydrogen (secondary N) is 3. The molecular weight excluding hydrogens is 396 g/mol. The first-order chi connectivity index (χ1) is 12.0. The second-order valence-corrected chi connectivity index (χ2v) is 8.49. The van der Waals surface area contributed by atoms with Gasteiger partial charge < -0.3 is 10.6 Å². The first-order valence-electron chi connectivity index (χ1n) is 8.06. The van der Waals surface area contributed by atoms with E-state index in [1.54, 1.807) is 17.5 Å². The van der Waals surface area contributed by atoms with Crippen molar-refractivity contribution in [2.24, 2.45) is 5.92 Å². The lowest BCUT2D eigenvalue weighted by Gasteiger charge is -2.10. The third kappa shape index (κ3) is 5.66. The smallest absolute Gasteiger partial charge is 0.263 e. The van der Waals surface area contributed by atoms with Gasteiger partial charge >= 0.3 is 0 Å². The summed E-state index contributed by atoms with van der Waals surface area (Å²) in [4.78, 5) is 16.1. The van der Waals surface area contributed by atoms with Gasteiger partial charge in [-0.15, -0.1) is 23.7 Å². The van der Waals surface area contributed by atoms with E-state index < -0.39 is 10.0 Å². The van der Waals surface area contributed by atoms with E-state index in [1.807, 2.05) is 0 Å². The number of sulfonamides is 1. The fourth-order valence-electron chi connectivity index (χ4n) is 2.71. The monoisotopic (exact) mass is 416 g/mol.